The second-order valence-corrected chi connectivity index (χ2v) is 7.25. The Morgan fingerprint density at radius 1 is 1.24 bits per heavy atom. The van der Waals surface area contributed by atoms with Crippen molar-refractivity contribution >= 4 is 5.82 Å². The number of piperazine rings is 1. The minimum atomic E-state index is 0.104. The van der Waals surface area contributed by atoms with Gasteiger partial charge in [0, 0.05) is 44.0 Å². The first kappa shape index (κ1) is 14.7. The molecule has 2 saturated heterocycles. The molecule has 5 nitrogen and oxygen atoms in total. The summed E-state index contributed by atoms with van der Waals surface area (Å²) in [5.41, 5.74) is 1.13. The Labute approximate surface area is 127 Å². The van der Waals surface area contributed by atoms with E-state index in [1.54, 1.807) is 0 Å². The van der Waals surface area contributed by atoms with Gasteiger partial charge in [0.05, 0.1) is 11.9 Å². The summed E-state index contributed by atoms with van der Waals surface area (Å²) >= 11 is 0. The van der Waals surface area contributed by atoms with Gasteiger partial charge in [-0.25, -0.2) is 4.98 Å². The van der Waals surface area contributed by atoms with Crippen molar-refractivity contribution in [3.63, 3.8) is 0 Å². The fourth-order valence-electron chi connectivity index (χ4n) is 3.19. The van der Waals surface area contributed by atoms with Crippen LogP contribution < -0.4 is 10.2 Å². The zero-order valence-corrected chi connectivity index (χ0v) is 13.5. The highest BCUT2D eigenvalue weighted by Crippen LogP contribution is 2.24. The van der Waals surface area contributed by atoms with E-state index >= 15 is 0 Å². The van der Waals surface area contributed by atoms with Crippen LogP contribution in [0.1, 0.15) is 39.3 Å². The molecular formula is C16H27N5. The molecule has 0 radical (unpaired) electrons. The second kappa shape index (κ2) is 5.89. The van der Waals surface area contributed by atoms with Crippen LogP contribution in [0.15, 0.2) is 12.4 Å². The third-order valence-electron chi connectivity index (χ3n) is 4.38. The lowest BCUT2D eigenvalue weighted by atomic mass is 10.1. The summed E-state index contributed by atoms with van der Waals surface area (Å²) in [6.45, 7) is 11.9. The van der Waals surface area contributed by atoms with Crippen molar-refractivity contribution in [3.8, 4) is 0 Å². The van der Waals surface area contributed by atoms with E-state index in [1.165, 1.54) is 19.4 Å². The number of fused-ring (bicyclic) bond motifs is 1. The van der Waals surface area contributed by atoms with Gasteiger partial charge >= 0.3 is 0 Å². The lowest BCUT2D eigenvalue weighted by Gasteiger charge is -2.38. The Kier molecular flexibility index (Phi) is 4.13. The van der Waals surface area contributed by atoms with E-state index in [0.717, 1.165) is 43.7 Å². The number of aromatic nitrogens is 2. The van der Waals surface area contributed by atoms with Crippen molar-refractivity contribution in [2.45, 2.75) is 51.7 Å². The van der Waals surface area contributed by atoms with E-state index in [2.05, 4.69) is 40.9 Å². The predicted molar refractivity (Wildman–Crippen MR) is 85.4 cm³/mol. The number of hydrogen-bond donors (Lipinski definition) is 1. The Morgan fingerprint density at radius 3 is 2.90 bits per heavy atom. The molecule has 1 aromatic heterocycles. The van der Waals surface area contributed by atoms with Crippen molar-refractivity contribution in [1.29, 1.82) is 0 Å². The molecular weight excluding hydrogens is 262 g/mol. The number of rotatable bonds is 3. The zero-order chi connectivity index (χ0) is 14.9. The molecule has 0 bridgehead atoms. The Bertz CT molecular complexity index is 482. The SMILES string of the molecule is CC(C)(C)NCc1cncc(N2CCN3CCCC3C2)n1. The highest BCUT2D eigenvalue weighted by molar-refractivity contribution is 5.37. The van der Waals surface area contributed by atoms with Crippen LogP contribution >= 0.6 is 0 Å². The van der Waals surface area contributed by atoms with Gasteiger partial charge in [0.2, 0.25) is 0 Å². The molecule has 2 aliphatic rings. The van der Waals surface area contributed by atoms with Gasteiger partial charge in [-0.3, -0.25) is 9.88 Å². The Morgan fingerprint density at radius 2 is 2.10 bits per heavy atom. The van der Waals surface area contributed by atoms with Gasteiger partial charge < -0.3 is 10.2 Å². The Balaban J connectivity index is 1.65. The lowest BCUT2D eigenvalue weighted by Crippen LogP contribution is -2.50. The van der Waals surface area contributed by atoms with Crippen LogP contribution in [0.2, 0.25) is 0 Å². The average Bonchev–Trinajstić information content (AvgIpc) is 2.92. The van der Waals surface area contributed by atoms with Gasteiger partial charge in [-0.2, -0.15) is 0 Å². The number of anilines is 1. The molecule has 0 amide bonds. The van der Waals surface area contributed by atoms with Gasteiger partial charge in [0.15, 0.2) is 0 Å². The first-order valence-electron chi connectivity index (χ1n) is 8.06. The molecule has 1 aromatic rings. The van der Waals surface area contributed by atoms with Gasteiger partial charge in [-0.15, -0.1) is 0 Å². The van der Waals surface area contributed by atoms with Gasteiger partial charge in [0.1, 0.15) is 5.82 Å². The molecule has 0 spiro atoms. The summed E-state index contributed by atoms with van der Waals surface area (Å²) in [7, 11) is 0. The highest BCUT2D eigenvalue weighted by atomic mass is 15.3. The first-order valence-corrected chi connectivity index (χ1v) is 8.06. The maximum atomic E-state index is 4.80. The quantitative estimate of drug-likeness (QED) is 0.916. The number of nitrogens with one attached hydrogen (secondary N) is 1. The molecule has 1 atom stereocenters. The van der Waals surface area contributed by atoms with Crippen LogP contribution in [0.5, 0.6) is 0 Å². The minimum absolute atomic E-state index is 0.104. The fraction of sp³-hybridized carbons (Fsp3) is 0.750. The van der Waals surface area contributed by atoms with E-state index < -0.39 is 0 Å². The molecule has 21 heavy (non-hydrogen) atoms. The van der Waals surface area contributed by atoms with Crippen molar-refractivity contribution < 1.29 is 0 Å². The Hall–Kier alpha value is -1.20. The van der Waals surface area contributed by atoms with Gasteiger partial charge in [0.25, 0.3) is 0 Å². The normalized spacial score (nSPS) is 23.4. The average molecular weight is 289 g/mol. The monoisotopic (exact) mass is 289 g/mol. The maximum Gasteiger partial charge on any atom is 0.147 e. The van der Waals surface area contributed by atoms with Crippen molar-refractivity contribution in [1.82, 2.24) is 20.2 Å². The summed E-state index contributed by atoms with van der Waals surface area (Å²) in [6.07, 6.45) is 6.45. The third kappa shape index (κ3) is 3.71. The van der Waals surface area contributed by atoms with Crippen molar-refractivity contribution in [2.75, 3.05) is 31.1 Å². The van der Waals surface area contributed by atoms with Crippen molar-refractivity contribution in [3.05, 3.63) is 18.1 Å². The van der Waals surface area contributed by atoms with E-state index in [0.29, 0.717) is 0 Å². The van der Waals surface area contributed by atoms with Crippen LogP contribution in [-0.4, -0.2) is 52.6 Å². The first-order chi connectivity index (χ1) is 10.0. The summed E-state index contributed by atoms with van der Waals surface area (Å²) in [5, 5.41) is 3.48. The van der Waals surface area contributed by atoms with Gasteiger partial charge in [-0.05, 0) is 40.2 Å². The molecule has 116 valence electrons. The van der Waals surface area contributed by atoms with Crippen molar-refractivity contribution in [2.24, 2.45) is 0 Å². The maximum absolute atomic E-state index is 4.80. The molecule has 0 aliphatic carbocycles. The minimum Gasteiger partial charge on any atom is -0.352 e. The molecule has 1 unspecified atom stereocenters. The summed E-state index contributed by atoms with van der Waals surface area (Å²) in [5.74, 6) is 1.04. The summed E-state index contributed by atoms with van der Waals surface area (Å²) < 4.78 is 0. The van der Waals surface area contributed by atoms with Crippen LogP contribution in [-0.2, 0) is 6.54 Å². The summed E-state index contributed by atoms with van der Waals surface area (Å²) in [6, 6.07) is 0.719. The molecule has 0 aromatic carbocycles. The number of hydrogen-bond acceptors (Lipinski definition) is 5. The fourth-order valence-corrected chi connectivity index (χ4v) is 3.19. The molecule has 2 fully saturated rings. The predicted octanol–water partition coefficient (Wildman–Crippen LogP) is 1.65. The standard InChI is InChI=1S/C16H27N5/c1-16(2,3)18-10-13-9-17-11-15(19-13)21-8-7-20-6-4-5-14(20)12-21/h9,11,14,18H,4-8,10,12H2,1-3H3. The van der Waals surface area contributed by atoms with E-state index in [9.17, 15) is 0 Å². The van der Waals surface area contributed by atoms with Crippen LogP contribution in [0.3, 0.4) is 0 Å². The molecule has 1 N–H and O–H groups in total. The smallest absolute Gasteiger partial charge is 0.147 e. The van der Waals surface area contributed by atoms with E-state index in [-0.39, 0.29) is 5.54 Å². The molecule has 3 heterocycles. The largest absolute Gasteiger partial charge is 0.352 e. The molecule has 2 aliphatic heterocycles. The zero-order valence-electron chi connectivity index (χ0n) is 13.5. The van der Waals surface area contributed by atoms with Gasteiger partial charge in [-0.1, -0.05) is 0 Å². The van der Waals surface area contributed by atoms with Crippen LogP contribution in [0, 0.1) is 0 Å². The van der Waals surface area contributed by atoms with E-state index in [4.69, 9.17) is 4.98 Å². The highest BCUT2D eigenvalue weighted by Gasteiger charge is 2.31. The molecule has 0 saturated carbocycles. The summed E-state index contributed by atoms with van der Waals surface area (Å²) in [4.78, 5) is 14.2. The second-order valence-electron chi connectivity index (χ2n) is 7.25. The van der Waals surface area contributed by atoms with Crippen LogP contribution in [0.4, 0.5) is 5.82 Å². The molecule has 3 rings (SSSR count). The third-order valence-corrected chi connectivity index (χ3v) is 4.38. The lowest BCUT2D eigenvalue weighted by molar-refractivity contribution is 0.230. The number of nitrogens with zero attached hydrogens (tertiary/aromatic N) is 4. The molecule has 5 heteroatoms. The van der Waals surface area contributed by atoms with E-state index in [1.807, 2.05) is 12.4 Å². The topological polar surface area (TPSA) is 44.3 Å². The van der Waals surface area contributed by atoms with Crippen LogP contribution in [0.25, 0.3) is 0 Å².